The van der Waals surface area contributed by atoms with Crippen LogP contribution in [-0.4, -0.2) is 0 Å². The number of hydrogen-bond donors (Lipinski definition) is 0. The molecule has 0 heteroatoms. The van der Waals surface area contributed by atoms with Crippen molar-refractivity contribution in [2.75, 3.05) is 0 Å². The summed E-state index contributed by atoms with van der Waals surface area (Å²) in [7, 11) is 0. The van der Waals surface area contributed by atoms with E-state index in [1.165, 1.54) is 25.7 Å². The van der Waals surface area contributed by atoms with Crippen molar-refractivity contribution in [3.8, 4) is 0 Å². The maximum atomic E-state index is 2.46. The molecule has 2 aliphatic carbocycles. The van der Waals surface area contributed by atoms with E-state index in [0.717, 1.165) is 35.5 Å². The Balaban J connectivity index is 1.93. The summed E-state index contributed by atoms with van der Waals surface area (Å²) in [6, 6.07) is 0. The molecule has 14 heavy (non-hydrogen) atoms. The highest BCUT2D eigenvalue weighted by molar-refractivity contribution is 4.99. The fourth-order valence-electron chi connectivity index (χ4n) is 4.01. The Morgan fingerprint density at radius 3 is 2.00 bits per heavy atom. The van der Waals surface area contributed by atoms with Gasteiger partial charge < -0.3 is 0 Å². The van der Waals surface area contributed by atoms with E-state index < -0.39 is 0 Å². The topological polar surface area (TPSA) is 0 Å². The summed E-state index contributed by atoms with van der Waals surface area (Å²) >= 11 is 0. The largest absolute Gasteiger partial charge is 0.0651 e. The summed E-state index contributed by atoms with van der Waals surface area (Å²) < 4.78 is 0. The Labute approximate surface area is 89.5 Å². The fourth-order valence-corrected chi connectivity index (χ4v) is 4.01. The van der Waals surface area contributed by atoms with E-state index in [1.807, 2.05) is 0 Å². The zero-order valence-electron chi connectivity index (χ0n) is 10.3. The van der Waals surface area contributed by atoms with Crippen LogP contribution < -0.4 is 0 Å². The first-order valence-electron chi connectivity index (χ1n) is 6.70. The van der Waals surface area contributed by atoms with Gasteiger partial charge in [-0.1, -0.05) is 40.5 Å². The van der Waals surface area contributed by atoms with Crippen molar-refractivity contribution in [1.29, 1.82) is 0 Å². The molecule has 0 aromatic rings. The van der Waals surface area contributed by atoms with Gasteiger partial charge in [0.1, 0.15) is 0 Å². The first-order valence-corrected chi connectivity index (χ1v) is 6.70. The van der Waals surface area contributed by atoms with Gasteiger partial charge in [0.25, 0.3) is 0 Å². The van der Waals surface area contributed by atoms with Gasteiger partial charge in [-0.3, -0.25) is 0 Å². The maximum absolute atomic E-state index is 2.46. The number of hydrogen-bond acceptors (Lipinski definition) is 0. The monoisotopic (exact) mass is 194 g/mol. The van der Waals surface area contributed by atoms with Crippen LogP contribution in [0.2, 0.25) is 0 Å². The highest BCUT2D eigenvalue weighted by atomic mass is 14.6. The predicted octanol–water partition coefficient (Wildman–Crippen LogP) is 4.35. The summed E-state index contributed by atoms with van der Waals surface area (Å²) in [4.78, 5) is 0. The molecule has 2 rings (SSSR count). The van der Waals surface area contributed by atoms with Gasteiger partial charge in [0.2, 0.25) is 0 Å². The van der Waals surface area contributed by atoms with Crippen LogP contribution in [0, 0.1) is 35.5 Å². The zero-order chi connectivity index (χ0) is 10.3. The molecule has 0 N–H and O–H groups in total. The average Bonchev–Trinajstić information content (AvgIpc) is 2.70. The van der Waals surface area contributed by atoms with Gasteiger partial charge in [0.15, 0.2) is 0 Å². The molecule has 0 saturated heterocycles. The lowest BCUT2D eigenvalue weighted by molar-refractivity contribution is 0.0791. The Kier molecular flexibility index (Phi) is 2.91. The lowest BCUT2D eigenvalue weighted by Crippen LogP contribution is -2.33. The lowest BCUT2D eigenvalue weighted by atomic mass is 9.63. The van der Waals surface area contributed by atoms with Crippen molar-refractivity contribution in [3.63, 3.8) is 0 Å². The molecule has 0 nitrogen and oxygen atoms in total. The van der Waals surface area contributed by atoms with Crippen LogP contribution in [0.15, 0.2) is 0 Å². The van der Waals surface area contributed by atoms with E-state index in [2.05, 4.69) is 27.7 Å². The molecule has 0 aliphatic heterocycles. The van der Waals surface area contributed by atoms with E-state index >= 15 is 0 Å². The second kappa shape index (κ2) is 3.87. The van der Waals surface area contributed by atoms with E-state index in [9.17, 15) is 0 Å². The highest BCUT2D eigenvalue weighted by Gasteiger charge is 2.51. The van der Waals surface area contributed by atoms with E-state index in [-0.39, 0.29) is 0 Å². The first-order chi connectivity index (χ1) is 6.70. The van der Waals surface area contributed by atoms with Crippen LogP contribution in [0.3, 0.4) is 0 Å². The molecule has 2 fully saturated rings. The van der Waals surface area contributed by atoms with Crippen LogP contribution in [0.4, 0.5) is 0 Å². The smallest absolute Gasteiger partial charge is 0.0326 e. The van der Waals surface area contributed by atoms with Gasteiger partial charge in [-0.05, 0) is 48.3 Å². The molecule has 0 aromatic carbocycles. The number of rotatable bonds is 4. The first kappa shape index (κ1) is 10.5. The second-order valence-corrected chi connectivity index (χ2v) is 5.78. The SMILES string of the molecule is CCC1CCC1C(CC)C1C(C)C1C. The van der Waals surface area contributed by atoms with Crippen molar-refractivity contribution in [1.82, 2.24) is 0 Å². The molecular weight excluding hydrogens is 168 g/mol. The van der Waals surface area contributed by atoms with Gasteiger partial charge in [-0.2, -0.15) is 0 Å². The third-order valence-corrected chi connectivity index (χ3v) is 5.42. The molecule has 0 heterocycles. The lowest BCUT2D eigenvalue weighted by Gasteiger charge is -2.42. The van der Waals surface area contributed by atoms with Crippen LogP contribution in [0.25, 0.3) is 0 Å². The van der Waals surface area contributed by atoms with Crippen molar-refractivity contribution >= 4 is 0 Å². The summed E-state index contributed by atoms with van der Waals surface area (Å²) in [5.41, 5.74) is 0. The van der Waals surface area contributed by atoms with Crippen LogP contribution in [0.5, 0.6) is 0 Å². The average molecular weight is 194 g/mol. The minimum Gasteiger partial charge on any atom is -0.0651 e. The molecule has 0 radical (unpaired) electrons. The van der Waals surface area contributed by atoms with Gasteiger partial charge >= 0.3 is 0 Å². The predicted molar refractivity (Wildman–Crippen MR) is 62.1 cm³/mol. The molecule has 0 aromatic heterocycles. The van der Waals surface area contributed by atoms with Crippen LogP contribution in [-0.2, 0) is 0 Å². The second-order valence-electron chi connectivity index (χ2n) is 5.78. The molecular formula is C14H26. The summed E-state index contributed by atoms with van der Waals surface area (Å²) in [5, 5.41) is 0. The fraction of sp³-hybridized carbons (Fsp3) is 1.00. The van der Waals surface area contributed by atoms with Gasteiger partial charge in [0.05, 0.1) is 0 Å². The Morgan fingerprint density at radius 1 is 1.07 bits per heavy atom. The molecule has 82 valence electrons. The quantitative estimate of drug-likeness (QED) is 0.624. The Morgan fingerprint density at radius 2 is 1.71 bits per heavy atom. The van der Waals surface area contributed by atoms with Gasteiger partial charge in [0, 0.05) is 0 Å². The molecule has 5 atom stereocenters. The molecule has 2 saturated carbocycles. The molecule has 2 aliphatic rings. The van der Waals surface area contributed by atoms with Crippen molar-refractivity contribution in [3.05, 3.63) is 0 Å². The normalized spacial score (nSPS) is 48.4. The Bertz CT molecular complexity index is 186. The minimum atomic E-state index is 1.03. The van der Waals surface area contributed by atoms with Crippen LogP contribution >= 0.6 is 0 Å². The van der Waals surface area contributed by atoms with Gasteiger partial charge in [-0.15, -0.1) is 0 Å². The summed E-state index contributed by atoms with van der Waals surface area (Å²) in [5.74, 6) is 6.39. The standard InChI is InChI=1S/C14H26/c1-5-11-7-8-13(11)12(6-2)14-9(3)10(14)4/h9-14H,5-8H2,1-4H3. The third kappa shape index (κ3) is 1.51. The Hall–Kier alpha value is 0. The maximum Gasteiger partial charge on any atom is -0.0326 e. The molecule has 5 unspecified atom stereocenters. The van der Waals surface area contributed by atoms with Crippen molar-refractivity contribution in [2.45, 2.75) is 53.4 Å². The van der Waals surface area contributed by atoms with Crippen LogP contribution in [0.1, 0.15) is 53.4 Å². The minimum absolute atomic E-state index is 1.03. The molecule has 0 amide bonds. The van der Waals surface area contributed by atoms with E-state index in [4.69, 9.17) is 0 Å². The molecule has 0 bridgehead atoms. The molecule has 0 spiro atoms. The van der Waals surface area contributed by atoms with Gasteiger partial charge in [-0.25, -0.2) is 0 Å². The summed E-state index contributed by atoms with van der Waals surface area (Å²) in [6.45, 7) is 9.70. The van der Waals surface area contributed by atoms with Crippen molar-refractivity contribution in [2.24, 2.45) is 35.5 Å². The van der Waals surface area contributed by atoms with E-state index in [0.29, 0.717) is 0 Å². The highest BCUT2D eigenvalue weighted by Crippen LogP contribution is 2.57. The zero-order valence-corrected chi connectivity index (χ0v) is 10.3. The van der Waals surface area contributed by atoms with E-state index in [1.54, 1.807) is 0 Å². The summed E-state index contributed by atoms with van der Waals surface area (Å²) in [6.07, 6.45) is 5.91. The third-order valence-electron chi connectivity index (χ3n) is 5.42. The van der Waals surface area contributed by atoms with Crippen molar-refractivity contribution < 1.29 is 0 Å².